The lowest BCUT2D eigenvalue weighted by Gasteiger charge is -2.04. The van der Waals surface area contributed by atoms with E-state index in [0.717, 1.165) is 12.1 Å². The second-order valence-electron chi connectivity index (χ2n) is 3.69. The molecule has 18 heavy (non-hydrogen) atoms. The van der Waals surface area contributed by atoms with E-state index in [1.54, 1.807) is 7.05 Å². The summed E-state index contributed by atoms with van der Waals surface area (Å²) in [4.78, 5) is 11.8. The molecule has 1 aromatic heterocycles. The van der Waals surface area contributed by atoms with Crippen molar-refractivity contribution in [1.82, 2.24) is 9.78 Å². The first-order valence-corrected chi connectivity index (χ1v) is 5.03. The number of carbonyl (C=O) groups is 1. The first-order valence-electron chi connectivity index (χ1n) is 5.03. The van der Waals surface area contributed by atoms with Crippen molar-refractivity contribution in [2.24, 2.45) is 7.05 Å². The Bertz CT molecular complexity index is 609. The van der Waals surface area contributed by atoms with Crippen LogP contribution in [-0.4, -0.2) is 15.7 Å². The SMILES string of the molecule is Cn1cc(N)c(C(=O)Nc2ccc(F)c(F)c2)n1. The van der Waals surface area contributed by atoms with E-state index >= 15 is 0 Å². The maximum absolute atomic E-state index is 12.9. The van der Waals surface area contributed by atoms with Gasteiger partial charge < -0.3 is 11.1 Å². The first kappa shape index (κ1) is 12.0. The van der Waals surface area contributed by atoms with Crippen LogP contribution in [0.15, 0.2) is 24.4 Å². The van der Waals surface area contributed by atoms with E-state index in [9.17, 15) is 13.6 Å². The molecule has 5 nitrogen and oxygen atoms in total. The Kier molecular flexibility index (Phi) is 2.97. The summed E-state index contributed by atoms with van der Waals surface area (Å²) in [5.74, 6) is -2.61. The molecule has 2 aromatic rings. The van der Waals surface area contributed by atoms with Gasteiger partial charge in [0.1, 0.15) is 0 Å². The summed E-state index contributed by atoms with van der Waals surface area (Å²) >= 11 is 0. The van der Waals surface area contributed by atoms with Gasteiger partial charge in [-0.3, -0.25) is 9.48 Å². The van der Waals surface area contributed by atoms with Gasteiger partial charge in [-0.2, -0.15) is 5.10 Å². The van der Waals surface area contributed by atoms with Gasteiger partial charge in [0.2, 0.25) is 0 Å². The van der Waals surface area contributed by atoms with Crippen molar-refractivity contribution in [3.63, 3.8) is 0 Å². The Morgan fingerprint density at radius 1 is 1.39 bits per heavy atom. The Hall–Kier alpha value is -2.44. The van der Waals surface area contributed by atoms with Gasteiger partial charge in [0.15, 0.2) is 17.3 Å². The lowest BCUT2D eigenvalue weighted by atomic mass is 10.3. The molecule has 7 heteroatoms. The maximum atomic E-state index is 12.9. The topological polar surface area (TPSA) is 72.9 Å². The normalized spacial score (nSPS) is 10.4. The molecule has 0 saturated heterocycles. The van der Waals surface area contributed by atoms with E-state index in [-0.39, 0.29) is 17.1 Å². The average Bonchev–Trinajstić information content (AvgIpc) is 2.63. The zero-order valence-electron chi connectivity index (χ0n) is 9.45. The van der Waals surface area contributed by atoms with E-state index in [0.29, 0.717) is 0 Å². The Morgan fingerprint density at radius 3 is 2.67 bits per heavy atom. The Balaban J connectivity index is 2.21. The molecule has 0 saturated carbocycles. The smallest absolute Gasteiger partial charge is 0.278 e. The summed E-state index contributed by atoms with van der Waals surface area (Å²) in [7, 11) is 1.62. The monoisotopic (exact) mass is 252 g/mol. The number of aryl methyl sites for hydroxylation is 1. The van der Waals surface area contributed by atoms with Crippen LogP contribution in [0.5, 0.6) is 0 Å². The van der Waals surface area contributed by atoms with Crippen molar-refractivity contribution in [2.45, 2.75) is 0 Å². The summed E-state index contributed by atoms with van der Waals surface area (Å²) in [5.41, 5.74) is 5.94. The molecule has 1 heterocycles. The van der Waals surface area contributed by atoms with Crippen LogP contribution in [0.2, 0.25) is 0 Å². The molecular weight excluding hydrogens is 242 g/mol. The molecule has 3 N–H and O–H groups in total. The summed E-state index contributed by atoms with van der Waals surface area (Å²) in [6.07, 6.45) is 1.47. The van der Waals surface area contributed by atoms with Crippen LogP contribution in [0.25, 0.3) is 0 Å². The van der Waals surface area contributed by atoms with Crippen molar-refractivity contribution < 1.29 is 13.6 Å². The Labute approximate surface area is 101 Å². The van der Waals surface area contributed by atoms with E-state index in [4.69, 9.17) is 5.73 Å². The number of carbonyl (C=O) groups excluding carboxylic acids is 1. The highest BCUT2D eigenvalue weighted by molar-refractivity contribution is 6.06. The van der Waals surface area contributed by atoms with Crippen LogP contribution in [0.4, 0.5) is 20.2 Å². The molecule has 0 aliphatic heterocycles. The summed E-state index contributed by atoms with van der Waals surface area (Å²) < 4.78 is 27.0. The average molecular weight is 252 g/mol. The highest BCUT2D eigenvalue weighted by Crippen LogP contribution is 2.15. The largest absolute Gasteiger partial charge is 0.396 e. The zero-order valence-corrected chi connectivity index (χ0v) is 9.45. The van der Waals surface area contributed by atoms with Gasteiger partial charge in [-0.1, -0.05) is 0 Å². The van der Waals surface area contributed by atoms with Crippen molar-refractivity contribution in [3.05, 3.63) is 41.7 Å². The van der Waals surface area contributed by atoms with Crippen molar-refractivity contribution in [1.29, 1.82) is 0 Å². The molecule has 0 spiro atoms. The van der Waals surface area contributed by atoms with Gasteiger partial charge in [-0.25, -0.2) is 8.78 Å². The van der Waals surface area contributed by atoms with Gasteiger partial charge in [-0.05, 0) is 12.1 Å². The van der Waals surface area contributed by atoms with E-state index < -0.39 is 17.5 Å². The zero-order chi connectivity index (χ0) is 13.3. The molecule has 1 aromatic carbocycles. The number of anilines is 2. The van der Waals surface area contributed by atoms with Gasteiger partial charge in [0.25, 0.3) is 5.91 Å². The fourth-order valence-electron chi connectivity index (χ4n) is 1.45. The number of hydrogen-bond donors (Lipinski definition) is 2. The van der Waals surface area contributed by atoms with Crippen molar-refractivity contribution in [3.8, 4) is 0 Å². The minimum absolute atomic E-state index is 0.0298. The second-order valence-corrected chi connectivity index (χ2v) is 3.69. The van der Waals surface area contributed by atoms with E-state index in [1.165, 1.54) is 16.9 Å². The van der Waals surface area contributed by atoms with Crippen molar-refractivity contribution >= 4 is 17.3 Å². The molecule has 0 aliphatic rings. The number of amides is 1. The number of aromatic nitrogens is 2. The highest BCUT2D eigenvalue weighted by atomic mass is 19.2. The summed E-state index contributed by atoms with van der Waals surface area (Å²) in [6, 6.07) is 3.05. The molecule has 0 bridgehead atoms. The van der Waals surface area contributed by atoms with Gasteiger partial charge in [-0.15, -0.1) is 0 Å². The van der Waals surface area contributed by atoms with Gasteiger partial charge in [0.05, 0.1) is 5.69 Å². The number of nitrogens with one attached hydrogen (secondary N) is 1. The predicted octanol–water partition coefficient (Wildman–Crippen LogP) is 1.53. The fourth-order valence-corrected chi connectivity index (χ4v) is 1.45. The van der Waals surface area contributed by atoms with Crippen LogP contribution in [0.1, 0.15) is 10.5 Å². The van der Waals surface area contributed by atoms with Crippen LogP contribution < -0.4 is 11.1 Å². The molecule has 0 unspecified atom stereocenters. The van der Waals surface area contributed by atoms with Crippen molar-refractivity contribution in [2.75, 3.05) is 11.1 Å². The third-order valence-corrected chi connectivity index (χ3v) is 2.25. The number of rotatable bonds is 2. The van der Waals surface area contributed by atoms with Crippen LogP contribution in [-0.2, 0) is 7.05 Å². The van der Waals surface area contributed by atoms with Crippen LogP contribution in [0.3, 0.4) is 0 Å². The quantitative estimate of drug-likeness (QED) is 0.851. The van der Waals surface area contributed by atoms with Crippen LogP contribution >= 0.6 is 0 Å². The molecule has 0 fully saturated rings. The molecule has 0 atom stereocenters. The summed E-state index contributed by atoms with van der Waals surface area (Å²) in [6.45, 7) is 0. The molecule has 0 radical (unpaired) electrons. The fraction of sp³-hybridized carbons (Fsp3) is 0.0909. The second kappa shape index (κ2) is 4.44. The highest BCUT2D eigenvalue weighted by Gasteiger charge is 2.14. The number of nitrogens with zero attached hydrogens (tertiary/aromatic N) is 2. The maximum Gasteiger partial charge on any atom is 0.278 e. The molecule has 0 aliphatic carbocycles. The number of hydrogen-bond acceptors (Lipinski definition) is 3. The first-order chi connectivity index (χ1) is 8.47. The Morgan fingerprint density at radius 2 is 2.11 bits per heavy atom. The molecular formula is C11H10F2N4O. The van der Waals surface area contributed by atoms with Gasteiger partial charge >= 0.3 is 0 Å². The third-order valence-electron chi connectivity index (χ3n) is 2.25. The molecule has 2 rings (SSSR count). The molecule has 1 amide bonds. The minimum atomic E-state index is -1.04. The number of nitrogens with two attached hydrogens (primary N) is 1. The van der Waals surface area contributed by atoms with Crippen LogP contribution in [0, 0.1) is 11.6 Å². The summed E-state index contributed by atoms with van der Waals surface area (Å²) in [5, 5.41) is 6.24. The number of nitrogen functional groups attached to an aromatic ring is 1. The lowest BCUT2D eigenvalue weighted by Crippen LogP contribution is -2.14. The van der Waals surface area contributed by atoms with E-state index in [2.05, 4.69) is 10.4 Å². The lowest BCUT2D eigenvalue weighted by molar-refractivity contribution is 0.102. The number of halogens is 2. The van der Waals surface area contributed by atoms with Gasteiger partial charge in [0, 0.05) is 25.0 Å². The molecule has 94 valence electrons. The minimum Gasteiger partial charge on any atom is -0.396 e. The predicted molar refractivity (Wildman–Crippen MR) is 61.9 cm³/mol. The van der Waals surface area contributed by atoms with E-state index in [1.807, 2.05) is 0 Å². The third kappa shape index (κ3) is 2.29. The standard InChI is InChI=1S/C11H10F2N4O/c1-17-5-9(14)10(16-17)11(18)15-6-2-3-7(12)8(13)4-6/h2-5H,14H2,1H3,(H,15,18). The number of benzene rings is 1.